The Morgan fingerprint density at radius 2 is 1.79 bits per heavy atom. The number of H-pyrrole nitrogens is 1. The van der Waals surface area contributed by atoms with Gasteiger partial charge in [0.1, 0.15) is 23.7 Å². The summed E-state index contributed by atoms with van der Waals surface area (Å²) in [5, 5.41) is 16.4. The number of carbonyl (C=O) groups is 1. The number of aliphatic imine (C=N–C) groups is 1. The van der Waals surface area contributed by atoms with Gasteiger partial charge in [-0.15, -0.1) is 0 Å². The molecule has 3 rings (SSSR count). The van der Waals surface area contributed by atoms with E-state index in [1.807, 2.05) is 33.8 Å². The fourth-order valence-corrected chi connectivity index (χ4v) is 3.34. The summed E-state index contributed by atoms with van der Waals surface area (Å²) in [7, 11) is 3.14. The van der Waals surface area contributed by atoms with Crippen LogP contribution in [0.15, 0.2) is 29.3 Å². The first-order valence-electron chi connectivity index (χ1n) is 11.2. The standard InChI is InChI=1S/C21H23N5O4.2C2H6/c1-29-16-7-13(8-17(10-16)30-2)3-4-14-9-18(25-19(14)20(23)24-12-22)15-5-6-26(11-15)21(27)28;2*1-2/h7-10,12,15,25H,5-6,11H2,1-2H3,(H,27,28)(H3,22,23,24);2*1-2H3. The van der Waals surface area contributed by atoms with Crippen LogP contribution in [-0.4, -0.2) is 60.6 Å². The van der Waals surface area contributed by atoms with Crippen molar-refractivity contribution in [1.82, 2.24) is 9.88 Å². The zero-order chi connectivity index (χ0) is 25.7. The number of amides is 1. The molecule has 34 heavy (non-hydrogen) atoms. The van der Waals surface area contributed by atoms with Crippen LogP contribution in [0.5, 0.6) is 11.5 Å². The molecule has 2 heterocycles. The molecule has 0 aliphatic carbocycles. The van der Waals surface area contributed by atoms with Gasteiger partial charge in [-0.2, -0.15) is 0 Å². The maximum absolute atomic E-state index is 11.2. The van der Waals surface area contributed by atoms with Crippen molar-refractivity contribution in [1.29, 1.82) is 5.41 Å². The molecule has 184 valence electrons. The van der Waals surface area contributed by atoms with E-state index in [1.54, 1.807) is 32.4 Å². The third kappa shape index (κ3) is 7.30. The minimum atomic E-state index is -0.929. The lowest BCUT2D eigenvalue weighted by atomic mass is 10.0. The van der Waals surface area contributed by atoms with Crippen LogP contribution in [0.1, 0.15) is 62.5 Å². The SMILES string of the molecule is CC.CC.COc1cc(C#Cc2cc(C3CCN(C(=O)O)C3)[nH]c2C(N)=NC=N)cc(OC)c1. The number of aromatic nitrogens is 1. The van der Waals surface area contributed by atoms with E-state index in [9.17, 15) is 9.90 Å². The first-order valence-corrected chi connectivity index (χ1v) is 11.2. The van der Waals surface area contributed by atoms with Crippen molar-refractivity contribution in [2.75, 3.05) is 27.3 Å². The van der Waals surface area contributed by atoms with Gasteiger partial charge in [0.25, 0.3) is 0 Å². The van der Waals surface area contributed by atoms with Crippen molar-refractivity contribution in [2.24, 2.45) is 10.7 Å². The summed E-state index contributed by atoms with van der Waals surface area (Å²) in [6.45, 7) is 8.87. The van der Waals surface area contributed by atoms with Gasteiger partial charge < -0.3 is 30.2 Å². The molecule has 2 aromatic rings. The maximum Gasteiger partial charge on any atom is 0.407 e. The lowest BCUT2D eigenvalue weighted by molar-refractivity contribution is 0.155. The molecule has 1 aromatic heterocycles. The number of likely N-dealkylation sites (tertiary alicyclic amines) is 1. The van der Waals surface area contributed by atoms with Crippen molar-refractivity contribution >= 4 is 18.3 Å². The molecule has 9 heteroatoms. The number of nitrogens with two attached hydrogens (primary N) is 1. The van der Waals surface area contributed by atoms with E-state index in [4.69, 9.17) is 20.6 Å². The van der Waals surface area contributed by atoms with Gasteiger partial charge in [-0.1, -0.05) is 39.5 Å². The second kappa shape index (κ2) is 14.3. The zero-order valence-electron chi connectivity index (χ0n) is 20.7. The quantitative estimate of drug-likeness (QED) is 0.294. The molecule has 1 fully saturated rings. The largest absolute Gasteiger partial charge is 0.497 e. The molecule has 1 aliphatic heterocycles. The lowest BCUT2D eigenvalue weighted by Gasteiger charge is -2.11. The van der Waals surface area contributed by atoms with Crippen LogP contribution in [0.2, 0.25) is 0 Å². The molecular formula is C25H35N5O4. The Balaban J connectivity index is 0.00000137. The third-order valence-electron chi connectivity index (χ3n) is 4.89. The molecule has 1 aliphatic rings. The summed E-state index contributed by atoms with van der Waals surface area (Å²) in [5.41, 5.74) is 8.66. The van der Waals surface area contributed by atoms with Crippen LogP contribution in [0.4, 0.5) is 4.79 Å². The fraction of sp³-hybridized carbons (Fsp3) is 0.400. The van der Waals surface area contributed by atoms with Crippen LogP contribution < -0.4 is 15.2 Å². The highest BCUT2D eigenvalue weighted by Gasteiger charge is 2.28. The van der Waals surface area contributed by atoms with Gasteiger partial charge in [0.05, 0.1) is 25.5 Å². The molecule has 5 N–H and O–H groups in total. The molecule has 9 nitrogen and oxygen atoms in total. The number of carboxylic acid groups (broad SMARTS) is 1. The number of rotatable bonds is 5. The van der Waals surface area contributed by atoms with E-state index in [-0.39, 0.29) is 11.8 Å². The Labute approximate surface area is 201 Å². The number of ether oxygens (including phenoxy) is 2. The van der Waals surface area contributed by atoms with Crippen molar-refractivity contribution in [3.8, 4) is 23.3 Å². The summed E-state index contributed by atoms with van der Waals surface area (Å²) < 4.78 is 10.5. The smallest absolute Gasteiger partial charge is 0.407 e. The van der Waals surface area contributed by atoms with Gasteiger partial charge in [-0.3, -0.25) is 5.41 Å². The summed E-state index contributed by atoms with van der Waals surface area (Å²) >= 11 is 0. The highest BCUT2D eigenvalue weighted by molar-refractivity contribution is 6.01. The van der Waals surface area contributed by atoms with Gasteiger partial charge in [0.2, 0.25) is 0 Å². The molecule has 0 bridgehead atoms. The second-order valence-corrected chi connectivity index (χ2v) is 6.72. The monoisotopic (exact) mass is 469 g/mol. The lowest BCUT2D eigenvalue weighted by Crippen LogP contribution is -2.26. The van der Waals surface area contributed by atoms with Crippen molar-refractivity contribution < 1.29 is 19.4 Å². The predicted molar refractivity (Wildman–Crippen MR) is 135 cm³/mol. The number of hydrogen-bond acceptors (Lipinski definition) is 4. The number of methoxy groups -OCH3 is 2. The zero-order valence-corrected chi connectivity index (χ0v) is 20.7. The highest BCUT2D eigenvalue weighted by Crippen LogP contribution is 2.28. The normalized spacial score (nSPS) is 14.5. The molecule has 0 saturated carbocycles. The average molecular weight is 470 g/mol. The van der Waals surface area contributed by atoms with Gasteiger partial charge in [-0.05, 0) is 24.6 Å². The van der Waals surface area contributed by atoms with E-state index in [2.05, 4.69) is 21.8 Å². The van der Waals surface area contributed by atoms with E-state index in [0.717, 1.165) is 12.0 Å². The molecular weight excluding hydrogens is 434 g/mol. The van der Waals surface area contributed by atoms with Gasteiger partial charge in [-0.25, -0.2) is 9.79 Å². The summed E-state index contributed by atoms with van der Waals surface area (Å²) in [6, 6.07) is 7.20. The molecule has 0 spiro atoms. The molecule has 1 saturated heterocycles. The van der Waals surface area contributed by atoms with E-state index in [0.29, 0.717) is 47.8 Å². The maximum atomic E-state index is 11.2. The predicted octanol–water partition coefficient (Wildman–Crippen LogP) is 4.26. The number of nitrogens with zero attached hydrogens (tertiary/aromatic N) is 2. The van der Waals surface area contributed by atoms with Gasteiger partial charge in [0.15, 0.2) is 0 Å². The van der Waals surface area contributed by atoms with Crippen LogP contribution >= 0.6 is 0 Å². The van der Waals surface area contributed by atoms with Crippen LogP contribution in [-0.2, 0) is 0 Å². The van der Waals surface area contributed by atoms with E-state index >= 15 is 0 Å². The Morgan fingerprint density at radius 3 is 2.29 bits per heavy atom. The minimum Gasteiger partial charge on any atom is -0.497 e. The number of benzene rings is 1. The highest BCUT2D eigenvalue weighted by atomic mass is 16.5. The summed E-state index contributed by atoms with van der Waals surface area (Å²) in [5.74, 6) is 7.56. The summed E-state index contributed by atoms with van der Waals surface area (Å²) in [4.78, 5) is 19.7. The average Bonchev–Trinajstić information content (AvgIpc) is 3.53. The third-order valence-corrected chi connectivity index (χ3v) is 4.89. The van der Waals surface area contributed by atoms with Crippen molar-refractivity contribution in [3.05, 3.63) is 46.8 Å². The Kier molecular flexibility index (Phi) is 11.8. The first kappa shape index (κ1) is 28.1. The molecule has 1 unspecified atom stereocenters. The van der Waals surface area contributed by atoms with Crippen LogP contribution in [0, 0.1) is 17.3 Å². The minimum absolute atomic E-state index is 0.0140. The fourth-order valence-electron chi connectivity index (χ4n) is 3.34. The molecule has 1 amide bonds. The summed E-state index contributed by atoms with van der Waals surface area (Å²) in [6.07, 6.45) is 0.636. The van der Waals surface area contributed by atoms with Gasteiger partial charge >= 0.3 is 6.09 Å². The number of hydrogen-bond donors (Lipinski definition) is 4. The number of amidine groups is 1. The van der Waals surface area contributed by atoms with E-state index < -0.39 is 6.09 Å². The Hall–Kier alpha value is -3.93. The number of nitrogens with one attached hydrogen (secondary N) is 2. The van der Waals surface area contributed by atoms with Crippen molar-refractivity contribution in [2.45, 2.75) is 40.0 Å². The molecule has 1 atom stereocenters. The van der Waals surface area contributed by atoms with Crippen LogP contribution in [0.3, 0.4) is 0 Å². The molecule has 1 aromatic carbocycles. The van der Waals surface area contributed by atoms with Crippen LogP contribution in [0.25, 0.3) is 0 Å². The second-order valence-electron chi connectivity index (χ2n) is 6.72. The van der Waals surface area contributed by atoms with Crippen molar-refractivity contribution in [3.63, 3.8) is 0 Å². The number of aromatic amines is 1. The van der Waals surface area contributed by atoms with Gasteiger partial charge in [0, 0.05) is 36.3 Å². The Morgan fingerprint density at radius 1 is 1.18 bits per heavy atom. The Bertz CT molecular complexity index is 1030. The first-order chi connectivity index (χ1) is 16.4. The van der Waals surface area contributed by atoms with E-state index in [1.165, 1.54) is 4.90 Å². The topological polar surface area (TPSA) is 137 Å². The molecule has 0 radical (unpaired) electrons.